The van der Waals surface area contributed by atoms with E-state index in [4.69, 9.17) is 0 Å². The second-order valence-electron chi connectivity index (χ2n) is 4.62. The summed E-state index contributed by atoms with van der Waals surface area (Å²) in [6, 6.07) is 6.32. The number of benzene rings is 1. The minimum Gasteiger partial charge on any atom is -0.348 e. The summed E-state index contributed by atoms with van der Waals surface area (Å²) < 4.78 is 0. The summed E-state index contributed by atoms with van der Waals surface area (Å²) in [6.07, 6.45) is 2.42. The Morgan fingerprint density at radius 1 is 1.19 bits per heavy atom. The van der Waals surface area contributed by atoms with Gasteiger partial charge in [-0.1, -0.05) is 12.1 Å². The Balaban J connectivity index is 1.89. The van der Waals surface area contributed by atoms with Gasteiger partial charge >= 0.3 is 0 Å². The second kappa shape index (κ2) is 3.91. The maximum absolute atomic E-state index is 11.4. The van der Waals surface area contributed by atoms with Crippen molar-refractivity contribution < 1.29 is 4.79 Å². The number of nitrogens with one attached hydrogen (secondary N) is 2. The van der Waals surface area contributed by atoms with E-state index in [0.717, 1.165) is 18.7 Å². The highest BCUT2D eigenvalue weighted by atomic mass is 16.1. The van der Waals surface area contributed by atoms with Crippen molar-refractivity contribution in [3.05, 3.63) is 34.9 Å². The zero-order valence-corrected chi connectivity index (χ0v) is 9.25. The van der Waals surface area contributed by atoms with Crippen LogP contribution < -0.4 is 10.6 Å². The standard InChI is InChI=1S/C13H16N2O/c16-13-12-2-1-10(7-11(12)8-15-13)9-3-5-14-6-4-9/h1-2,7,9,14H,3-6,8H2,(H,15,16). The van der Waals surface area contributed by atoms with E-state index in [1.165, 1.54) is 24.0 Å². The molecule has 84 valence electrons. The highest BCUT2D eigenvalue weighted by Gasteiger charge is 2.21. The van der Waals surface area contributed by atoms with Crippen LogP contribution in [0.3, 0.4) is 0 Å². The molecule has 0 aromatic heterocycles. The minimum absolute atomic E-state index is 0.0758. The van der Waals surface area contributed by atoms with E-state index in [9.17, 15) is 4.79 Å². The number of hydrogen-bond donors (Lipinski definition) is 2. The monoisotopic (exact) mass is 216 g/mol. The van der Waals surface area contributed by atoms with E-state index in [1.54, 1.807) is 0 Å². The van der Waals surface area contributed by atoms with Crippen LogP contribution in [0.5, 0.6) is 0 Å². The molecule has 0 saturated carbocycles. The Morgan fingerprint density at radius 2 is 2.00 bits per heavy atom. The fourth-order valence-electron chi connectivity index (χ4n) is 2.66. The average molecular weight is 216 g/mol. The highest BCUT2D eigenvalue weighted by molar-refractivity contribution is 5.98. The fraction of sp³-hybridized carbons (Fsp3) is 0.462. The molecule has 3 rings (SSSR count). The van der Waals surface area contributed by atoms with Gasteiger partial charge in [0.25, 0.3) is 5.91 Å². The van der Waals surface area contributed by atoms with Crippen LogP contribution in [0.15, 0.2) is 18.2 Å². The van der Waals surface area contributed by atoms with Gasteiger partial charge in [0.1, 0.15) is 0 Å². The predicted octanol–water partition coefficient (Wildman–Crippen LogP) is 1.40. The maximum Gasteiger partial charge on any atom is 0.251 e. The molecule has 1 fully saturated rings. The van der Waals surface area contributed by atoms with Crippen molar-refractivity contribution in [2.75, 3.05) is 13.1 Å². The van der Waals surface area contributed by atoms with Crippen LogP contribution in [0.4, 0.5) is 0 Å². The largest absolute Gasteiger partial charge is 0.348 e. The zero-order valence-electron chi connectivity index (χ0n) is 9.25. The van der Waals surface area contributed by atoms with Gasteiger partial charge in [-0.25, -0.2) is 0 Å². The number of amides is 1. The number of carbonyl (C=O) groups is 1. The normalized spacial score (nSPS) is 20.6. The van der Waals surface area contributed by atoms with Crippen LogP contribution >= 0.6 is 0 Å². The second-order valence-corrected chi connectivity index (χ2v) is 4.62. The molecule has 0 radical (unpaired) electrons. The van der Waals surface area contributed by atoms with Crippen molar-refractivity contribution in [1.29, 1.82) is 0 Å². The number of carbonyl (C=O) groups excluding carboxylic acids is 1. The molecule has 1 aromatic rings. The lowest BCUT2D eigenvalue weighted by Gasteiger charge is -2.23. The summed E-state index contributed by atoms with van der Waals surface area (Å²) in [5, 5.41) is 6.24. The SMILES string of the molecule is O=C1NCc2cc(C3CCNCC3)ccc21. The van der Waals surface area contributed by atoms with E-state index < -0.39 is 0 Å². The average Bonchev–Trinajstić information content (AvgIpc) is 2.72. The molecule has 2 aliphatic heterocycles. The Labute approximate surface area is 95.2 Å². The smallest absolute Gasteiger partial charge is 0.251 e. The Bertz CT molecular complexity index is 422. The summed E-state index contributed by atoms with van der Waals surface area (Å²) in [6.45, 7) is 2.92. The van der Waals surface area contributed by atoms with Crippen molar-refractivity contribution in [3.63, 3.8) is 0 Å². The third-order valence-electron chi connectivity index (χ3n) is 3.62. The minimum atomic E-state index is 0.0758. The summed E-state index contributed by atoms with van der Waals surface area (Å²) in [5.41, 5.74) is 3.43. The van der Waals surface area contributed by atoms with Crippen LogP contribution in [0.1, 0.15) is 40.2 Å². The van der Waals surface area contributed by atoms with Gasteiger partial charge in [-0.3, -0.25) is 4.79 Å². The molecule has 3 nitrogen and oxygen atoms in total. The topological polar surface area (TPSA) is 41.1 Å². The lowest BCUT2D eigenvalue weighted by atomic mass is 9.88. The Kier molecular flexibility index (Phi) is 2.40. The maximum atomic E-state index is 11.4. The zero-order chi connectivity index (χ0) is 11.0. The lowest BCUT2D eigenvalue weighted by Crippen LogP contribution is -2.26. The molecular formula is C13H16N2O. The van der Waals surface area contributed by atoms with Gasteiger partial charge in [-0.05, 0) is 49.0 Å². The quantitative estimate of drug-likeness (QED) is 0.745. The van der Waals surface area contributed by atoms with Gasteiger partial charge in [0.05, 0.1) is 0 Å². The number of hydrogen-bond acceptors (Lipinski definition) is 2. The summed E-state index contributed by atoms with van der Waals surface area (Å²) in [5.74, 6) is 0.745. The molecule has 16 heavy (non-hydrogen) atoms. The van der Waals surface area contributed by atoms with Gasteiger partial charge in [-0.15, -0.1) is 0 Å². The van der Waals surface area contributed by atoms with Gasteiger partial charge in [0.15, 0.2) is 0 Å². The number of piperidine rings is 1. The van der Waals surface area contributed by atoms with Crippen LogP contribution in [0.2, 0.25) is 0 Å². The first-order chi connectivity index (χ1) is 7.84. The molecule has 1 amide bonds. The Morgan fingerprint density at radius 3 is 2.81 bits per heavy atom. The molecule has 0 atom stereocenters. The van der Waals surface area contributed by atoms with E-state index in [-0.39, 0.29) is 5.91 Å². The van der Waals surface area contributed by atoms with Crippen molar-refractivity contribution in [1.82, 2.24) is 10.6 Å². The van der Waals surface area contributed by atoms with Crippen LogP contribution in [-0.2, 0) is 6.54 Å². The third kappa shape index (κ3) is 1.61. The van der Waals surface area contributed by atoms with E-state index in [2.05, 4.69) is 22.8 Å². The molecule has 2 heterocycles. The molecule has 2 aliphatic rings. The van der Waals surface area contributed by atoms with Gasteiger partial charge in [-0.2, -0.15) is 0 Å². The fourth-order valence-corrected chi connectivity index (χ4v) is 2.66. The number of rotatable bonds is 1. The van der Waals surface area contributed by atoms with Gasteiger partial charge in [0, 0.05) is 12.1 Å². The molecule has 2 N–H and O–H groups in total. The highest BCUT2D eigenvalue weighted by Crippen LogP contribution is 2.28. The van der Waals surface area contributed by atoms with Crippen LogP contribution in [0.25, 0.3) is 0 Å². The molecule has 1 saturated heterocycles. The first-order valence-corrected chi connectivity index (χ1v) is 5.96. The predicted molar refractivity (Wildman–Crippen MR) is 62.5 cm³/mol. The van der Waals surface area contributed by atoms with Crippen LogP contribution in [-0.4, -0.2) is 19.0 Å². The Hall–Kier alpha value is -1.35. The summed E-state index contributed by atoms with van der Waals surface area (Å²) in [7, 11) is 0. The van der Waals surface area contributed by atoms with Crippen molar-refractivity contribution in [3.8, 4) is 0 Å². The van der Waals surface area contributed by atoms with Crippen molar-refractivity contribution >= 4 is 5.91 Å². The van der Waals surface area contributed by atoms with Crippen molar-refractivity contribution in [2.24, 2.45) is 0 Å². The molecular weight excluding hydrogens is 200 g/mol. The van der Waals surface area contributed by atoms with E-state index >= 15 is 0 Å². The molecule has 0 unspecified atom stereocenters. The van der Waals surface area contributed by atoms with Crippen molar-refractivity contribution in [2.45, 2.75) is 25.3 Å². The molecule has 0 bridgehead atoms. The van der Waals surface area contributed by atoms with Crippen LogP contribution in [0, 0.1) is 0 Å². The van der Waals surface area contributed by atoms with E-state index in [0.29, 0.717) is 12.5 Å². The lowest BCUT2D eigenvalue weighted by molar-refractivity contribution is 0.0966. The first-order valence-electron chi connectivity index (χ1n) is 5.96. The summed E-state index contributed by atoms with van der Waals surface area (Å²) >= 11 is 0. The number of fused-ring (bicyclic) bond motifs is 1. The molecule has 0 aliphatic carbocycles. The van der Waals surface area contributed by atoms with Gasteiger partial charge in [0.2, 0.25) is 0 Å². The summed E-state index contributed by atoms with van der Waals surface area (Å²) in [4.78, 5) is 11.4. The third-order valence-corrected chi connectivity index (χ3v) is 3.62. The van der Waals surface area contributed by atoms with Gasteiger partial charge < -0.3 is 10.6 Å². The first kappa shape index (κ1) is 9.85. The molecule has 0 spiro atoms. The van der Waals surface area contributed by atoms with E-state index in [1.807, 2.05) is 6.07 Å². The molecule has 3 heteroatoms. The molecule has 1 aromatic carbocycles.